The molecule has 30 heavy (non-hydrogen) atoms. The highest BCUT2D eigenvalue weighted by Crippen LogP contribution is 2.40. The van der Waals surface area contributed by atoms with Crippen molar-refractivity contribution in [3.63, 3.8) is 0 Å². The van der Waals surface area contributed by atoms with Crippen LogP contribution in [0.3, 0.4) is 0 Å². The molecule has 0 bridgehead atoms. The molecule has 2 nitrogen and oxygen atoms in total. The smallest absolute Gasteiger partial charge is 0.0988 e. The Labute approximate surface area is 181 Å². The first-order chi connectivity index (χ1) is 14.8. The van der Waals surface area contributed by atoms with Gasteiger partial charge in [-0.2, -0.15) is 5.26 Å². The molecule has 3 heteroatoms. The summed E-state index contributed by atoms with van der Waals surface area (Å²) in [6.07, 6.45) is 7.77. The minimum atomic E-state index is 0.574. The Morgan fingerprint density at radius 2 is 1.67 bits per heavy atom. The Kier molecular flexibility index (Phi) is 5.88. The van der Waals surface area contributed by atoms with Crippen molar-refractivity contribution >= 4 is 33.3 Å². The molecular formula is C27H22N2S. The van der Waals surface area contributed by atoms with Crippen LogP contribution in [0.2, 0.25) is 0 Å². The molecule has 0 aliphatic heterocycles. The average molecular weight is 407 g/mol. The predicted molar refractivity (Wildman–Crippen MR) is 129 cm³/mol. The Morgan fingerprint density at radius 3 is 2.40 bits per heavy atom. The fourth-order valence-electron chi connectivity index (χ4n) is 3.93. The van der Waals surface area contributed by atoms with Crippen LogP contribution >= 0.6 is 11.8 Å². The van der Waals surface area contributed by atoms with E-state index in [0.29, 0.717) is 12.0 Å². The van der Waals surface area contributed by atoms with Gasteiger partial charge in [0.05, 0.1) is 6.07 Å². The topological polar surface area (TPSA) is 49.8 Å². The minimum absolute atomic E-state index is 0.574. The highest BCUT2D eigenvalue weighted by Gasteiger charge is 2.14. The Hall–Kier alpha value is -3.48. The quantitative estimate of drug-likeness (QED) is 0.224. The lowest BCUT2D eigenvalue weighted by atomic mass is 9.91. The van der Waals surface area contributed by atoms with Gasteiger partial charge in [-0.1, -0.05) is 72.8 Å². The van der Waals surface area contributed by atoms with Crippen LogP contribution in [0.25, 0.3) is 32.7 Å². The fourth-order valence-corrected chi connectivity index (χ4v) is 4.56. The van der Waals surface area contributed by atoms with E-state index in [1.807, 2.05) is 6.08 Å². The van der Waals surface area contributed by atoms with Gasteiger partial charge in [0.2, 0.25) is 0 Å². The summed E-state index contributed by atoms with van der Waals surface area (Å²) >= 11 is 1.78. The maximum Gasteiger partial charge on any atom is 0.0988 e. The monoisotopic (exact) mass is 406 g/mol. The fraction of sp³-hybridized carbons (Fsp3) is 0.0741. The zero-order chi connectivity index (χ0) is 20.9. The molecule has 0 aromatic heterocycles. The molecule has 0 atom stereocenters. The molecule has 0 aliphatic rings. The van der Waals surface area contributed by atoms with Crippen LogP contribution in [0.15, 0.2) is 102 Å². The van der Waals surface area contributed by atoms with Gasteiger partial charge < -0.3 is 5.73 Å². The number of benzene rings is 4. The maximum absolute atomic E-state index is 9.27. The van der Waals surface area contributed by atoms with E-state index in [2.05, 4.69) is 85.1 Å². The third-order valence-corrected chi connectivity index (χ3v) is 6.12. The SMILES string of the molecule is CSc1ccc2ccccc2c1-c1ccc(C/C=C(C#N)\C=C/N)c2ccccc12. The van der Waals surface area contributed by atoms with Crippen molar-refractivity contribution in [2.45, 2.75) is 11.3 Å². The number of nitriles is 1. The van der Waals surface area contributed by atoms with Gasteiger partial charge in [-0.3, -0.25) is 0 Å². The number of allylic oxidation sites excluding steroid dienone is 3. The standard InChI is InChI=1S/C27H22N2S/c1-30-26-15-13-20-6-2-3-8-23(20)27(26)25-14-12-21(11-10-19(18-29)16-17-28)22-7-4-5-9-24(22)25/h2-10,12-17H,11,28H2,1H3/b17-16-,19-10+. The third kappa shape index (κ3) is 3.70. The second kappa shape index (κ2) is 8.90. The van der Waals surface area contributed by atoms with Gasteiger partial charge in [-0.25, -0.2) is 0 Å². The van der Waals surface area contributed by atoms with Crippen LogP contribution in [-0.2, 0) is 6.42 Å². The van der Waals surface area contributed by atoms with Gasteiger partial charge in [-0.15, -0.1) is 11.8 Å². The van der Waals surface area contributed by atoms with Gasteiger partial charge >= 0.3 is 0 Å². The molecule has 4 rings (SSSR count). The third-order valence-electron chi connectivity index (χ3n) is 5.34. The molecule has 0 saturated carbocycles. The number of hydrogen-bond donors (Lipinski definition) is 1. The van der Waals surface area contributed by atoms with E-state index in [0.717, 1.165) is 0 Å². The summed E-state index contributed by atoms with van der Waals surface area (Å²) in [6, 6.07) is 28.1. The lowest BCUT2D eigenvalue weighted by Gasteiger charge is -2.16. The largest absolute Gasteiger partial charge is 0.405 e. The highest BCUT2D eigenvalue weighted by molar-refractivity contribution is 7.98. The van der Waals surface area contributed by atoms with E-state index >= 15 is 0 Å². The summed E-state index contributed by atoms with van der Waals surface area (Å²) in [7, 11) is 0. The van der Waals surface area contributed by atoms with Gasteiger partial charge in [-0.05, 0) is 63.7 Å². The maximum atomic E-state index is 9.27. The minimum Gasteiger partial charge on any atom is -0.405 e. The van der Waals surface area contributed by atoms with E-state index < -0.39 is 0 Å². The summed E-state index contributed by atoms with van der Waals surface area (Å²) in [5, 5.41) is 14.2. The molecule has 0 saturated heterocycles. The lowest BCUT2D eigenvalue weighted by molar-refractivity contribution is 1.28. The van der Waals surface area contributed by atoms with Crippen molar-refractivity contribution in [1.82, 2.24) is 0 Å². The molecule has 0 heterocycles. The van der Waals surface area contributed by atoms with E-state index in [1.54, 1.807) is 17.8 Å². The molecule has 0 spiro atoms. The summed E-state index contributed by atoms with van der Waals surface area (Å²) in [5.41, 5.74) is 9.73. The molecule has 4 aromatic rings. The van der Waals surface area contributed by atoms with Crippen LogP contribution < -0.4 is 5.73 Å². The molecule has 0 amide bonds. The molecule has 4 aromatic carbocycles. The summed E-state index contributed by atoms with van der Waals surface area (Å²) < 4.78 is 0. The molecular weight excluding hydrogens is 384 g/mol. The van der Waals surface area contributed by atoms with Crippen molar-refractivity contribution in [3.8, 4) is 17.2 Å². The first-order valence-corrected chi connectivity index (χ1v) is 11.0. The molecule has 0 radical (unpaired) electrons. The normalized spacial score (nSPS) is 11.9. The number of nitrogens with zero attached hydrogens (tertiary/aromatic N) is 1. The van der Waals surface area contributed by atoms with Crippen molar-refractivity contribution < 1.29 is 0 Å². The predicted octanol–water partition coefficient (Wildman–Crippen LogP) is 6.85. The van der Waals surface area contributed by atoms with E-state index in [-0.39, 0.29) is 0 Å². The first-order valence-electron chi connectivity index (χ1n) is 9.82. The summed E-state index contributed by atoms with van der Waals surface area (Å²) in [4.78, 5) is 1.27. The van der Waals surface area contributed by atoms with Crippen molar-refractivity contribution in [2.24, 2.45) is 5.73 Å². The number of hydrogen-bond acceptors (Lipinski definition) is 3. The summed E-state index contributed by atoms with van der Waals surface area (Å²) in [5.74, 6) is 0. The van der Waals surface area contributed by atoms with Crippen molar-refractivity contribution in [2.75, 3.05) is 6.26 Å². The van der Waals surface area contributed by atoms with Gasteiger partial charge in [0.15, 0.2) is 0 Å². The van der Waals surface area contributed by atoms with E-state index in [4.69, 9.17) is 5.73 Å². The van der Waals surface area contributed by atoms with Crippen LogP contribution in [0.1, 0.15) is 5.56 Å². The zero-order valence-corrected chi connectivity index (χ0v) is 17.6. The van der Waals surface area contributed by atoms with Crippen molar-refractivity contribution in [1.29, 1.82) is 5.26 Å². The molecule has 2 N–H and O–H groups in total. The lowest BCUT2D eigenvalue weighted by Crippen LogP contribution is -1.91. The van der Waals surface area contributed by atoms with Crippen LogP contribution in [0.4, 0.5) is 0 Å². The van der Waals surface area contributed by atoms with Crippen LogP contribution in [0, 0.1) is 11.3 Å². The first kappa shape index (κ1) is 19.8. The molecule has 0 aliphatic carbocycles. The number of nitrogens with two attached hydrogens (primary N) is 1. The van der Waals surface area contributed by atoms with Crippen LogP contribution in [0.5, 0.6) is 0 Å². The molecule has 0 fully saturated rings. The van der Waals surface area contributed by atoms with Gasteiger partial charge in [0.1, 0.15) is 0 Å². The average Bonchev–Trinajstić information content (AvgIpc) is 2.81. The highest BCUT2D eigenvalue weighted by atomic mass is 32.2. The second-order valence-corrected chi connectivity index (χ2v) is 7.86. The van der Waals surface area contributed by atoms with E-state index in [9.17, 15) is 5.26 Å². The molecule has 146 valence electrons. The van der Waals surface area contributed by atoms with Crippen LogP contribution in [-0.4, -0.2) is 6.26 Å². The van der Waals surface area contributed by atoms with E-state index in [1.165, 1.54) is 49.3 Å². The van der Waals surface area contributed by atoms with Gasteiger partial charge in [0, 0.05) is 16.0 Å². The number of fused-ring (bicyclic) bond motifs is 2. The second-order valence-electron chi connectivity index (χ2n) is 7.02. The Bertz CT molecular complexity index is 1330. The number of thioether (sulfide) groups is 1. The molecule has 0 unspecified atom stereocenters. The van der Waals surface area contributed by atoms with Gasteiger partial charge in [0.25, 0.3) is 0 Å². The van der Waals surface area contributed by atoms with Crippen molar-refractivity contribution in [3.05, 3.63) is 102 Å². The Balaban J connectivity index is 1.94. The number of rotatable bonds is 5. The summed E-state index contributed by atoms with van der Waals surface area (Å²) in [6.45, 7) is 0. The zero-order valence-electron chi connectivity index (χ0n) is 16.8. The Morgan fingerprint density at radius 1 is 0.933 bits per heavy atom.